The van der Waals surface area contributed by atoms with Gasteiger partial charge in [0.2, 0.25) is 5.91 Å². The molecular weight excluding hydrogens is 288 g/mol. The summed E-state index contributed by atoms with van der Waals surface area (Å²) in [5, 5.41) is 0. The summed E-state index contributed by atoms with van der Waals surface area (Å²) in [6.07, 6.45) is -8.98. The van der Waals surface area contributed by atoms with Crippen LogP contribution in [0.5, 0.6) is 0 Å². The molecule has 20 heavy (non-hydrogen) atoms. The molecule has 110 valence electrons. The predicted octanol–water partition coefficient (Wildman–Crippen LogP) is 3.61. The zero-order chi connectivity index (χ0) is 15.7. The highest BCUT2D eigenvalue weighted by molar-refractivity contribution is 5.95. The Morgan fingerprint density at radius 1 is 1.00 bits per heavy atom. The van der Waals surface area contributed by atoms with E-state index in [1.807, 2.05) is 0 Å². The van der Waals surface area contributed by atoms with Crippen LogP contribution in [0.1, 0.15) is 23.6 Å². The van der Waals surface area contributed by atoms with Gasteiger partial charge in [0.1, 0.15) is 0 Å². The minimum atomic E-state index is -4.93. The van der Waals surface area contributed by atoms with Crippen molar-refractivity contribution in [2.24, 2.45) is 5.73 Å². The van der Waals surface area contributed by atoms with E-state index in [1.165, 1.54) is 6.92 Å². The van der Waals surface area contributed by atoms with Crippen LogP contribution in [0.15, 0.2) is 23.8 Å². The summed E-state index contributed by atoms with van der Waals surface area (Å²) in [7, 11) is 0. The second-order valence-corrected chi connectivity index (χ2v) is 4.03. The van der Waals surface area contributed by atoms with E-state index in [4.69, 9.17) is 5.73 Å². The molecule has 0 saturated carbocycles. The first-order chi connectivity index (χ1) is 8.91. The number of carbonyl (C=O) groups excluding carboxylic acids is 1. The summed E-state index contributed by atoms with van der Waals surface area (Å²) in [5.41, 5.74) is 1.43. The Morgan fingerprint density at radius 2 is 1.40 bits per heavy atom. The highest BCUT2D eigenvalue weighted by Gasteiger charge is 2.36. The fraction of sp³-hybridized carbons (Fsp3) is 0.250. The molecule has 0 unspecified atom stereocenters. The summed E-state index contributed by atoms with van der Waals surface area (Å²) >= 11 is 0. The minimum Gasteiger partial charge on any atom is -0.366 e. The van der Waals surface area contributed by atoms with Gasteiger partial charge in [-0.15, -0.1) is 0 Å². The van der Waals surface area contributed by atoms with Crippen molar-refractivity contribution in [2.45, 2.75) is 19.3 Å². The third-order valence-corrected chi connectivity index (χ3v) is 2.38. The van der Waals surface area contributed by atoms with Crippen molar-refractivity contribution in [3.8, 4) is 0 Å². The Hall–Kier alpha value is -1.99. The van der Waals surface area contributed by atoms with Gasteiger partial charge in [-0.1, -0.05) is 0 Å². The van der Waals surface area contributed by atoms with Crippen molar-refractivity contribution in [2.75, 3.05) is 0 Å². The molecule has 0 aliphatic rings. The lowest BCUT2D eigenvalue weighted by Crippen LogP contribution is -2.13. The smallest absolute Gasteiger partial charge is 0.366 e. The van der Waals surface area contributed by atoms with Crippen molar-refractivity contribution in [1.29, 1.82) is 0 Å². The molecule has 0 radical (unpaired) electrons. The molecule has 0 heterocycles. The van der Waals surface area contributed by atoms with E-state index in [-0.39, 0.29) is 11.6 Å². The molecule has 1 rings (SSSR count). The standard InChI is InChI=1S/C12H9F6NO/c1-6(10(19)20)2-7-3-8(11(13,14)15)5-9(4-7)12(16,17)18/h2-5H,1H3,(H2,19,20)/b6-2+. The van der Waals surface area contributed by atoms with Crippen LogP contribution in [-0.2, 0) is 17.1 Å². The first-order valence-corrected chi connectivity index (χ1v) is 5.19. The van der Waals surface area contributed by atoms with Gasteiger partial charge in [-0.05, 0) is 36.8 Å². The summed E-state index contributed by atoms with van der Waals surface area (Å²) in [6, 6.07) is 1.04. The van der Waals surface area contributed by atoms with Crippen LogP contribution in [0.3, 0.4) is 0 Å². The lowest BCUT2D eigenvalue weighted by atomic mass is 10.0. The number of carbonyl (C=O) groups is 1. The van der Waals surface area contributed by atoms with Crippen LogP contribution in [0.2, 0.25) is 0 Å². The topological polar surface area (TPSA) is 43.1 Å². The van der Waals surface area contributed by atoms with Gasteiger partial charge in [0.15, 0.2) is 0 Å². The highest BCUT2D eigenvalue weighted by Crippen LogP contribution is 2.36. The number of benzene rings is 1. The van der Waals surface area contributed by atoms with Crippen LogP contribution >= 0.6 is 0 Å². The number of rotatable bonds is 2. The van der Waals surface area contributed by atoms with E-state index in [0.717, 1.165) is 6.08 Å². The maximum Gasteiger partial charge on any atom is 0.416 e. The number of nitrogens with two attached hydrogens (primary N) is 1. The Bertz CT molecular complexity index is 524. The third kappa shape index (κ3) is 4.01. The van der Waals surface area contributed by atoms with Gasteiger partial charge >= 0.3 is 12.4 Å². The van der Waals surface area contributed by atoms with Crippen LogP contribution in [0, 0.1) is 0 Å². The van der Waals surface area contributed by atoms with Gasteiger partial charge in [-0.25, -0.2) is 0 Å². The number of hydrogen-bond acceptors (Lipinski definition) is 1. The molecule has 0 aromatic heterocycles. The Balaban J connectivity index is 3.47. The number of primary amides is 1. The highest BCUT2D eigenvalue weighted by atomic mass is 19.4. The van der Waals surface area contributed by atoms with E-state index in [1.54, 1.807) is 0 Å². The van der Waals surface area contributed by atoms with E-state index in [2.05, 4.69) is 0 Å². The molecule has 0 spiro atoms. The van der Waals surface area contributed by atoms with Crippen LogP contribution < -0.4 is 5.73 Å². The molecule has 1 amide bonds. The fourth-order valence-corrected chi connectivity index (χ4v) is 1.38. The van der Waals surface area contributed by atoms with Gasteiger partial charge < -0.3 is 5.73 Å². The van der Waals surface area contributed by atoms with E-state index >= 15 is 0 Å². The van der Waals surface area contributed by atoms with E-state index in [9.17, 15) is 31.1 Å². The number of alkyl halides is 6. The van der Waals surface area contributed by atoms with E-state index in [0.29, 0.717) is 12.1 Å². The molecule has 0 fully saturated rings. The SMILES string of the molecule is C/C(=C\c1cc(C(F)(F)F)cc(C(F)(F)F)c1)C(N)=O. The average Bonchev–Trinajstić information content (AvgIpc) is 2.26. The predicted molar refractivity (Wildman–Crippen MR) is 59.3 cm³/mol. The zero-order valence-corrected chi connectivity index (χ0v) is 10.1. The van der Waals surface area contributed by atoms with Gasteiger partial charge in [0, 0.05) is 5.57 Å². The summed E-state index contributed by atoms with van der Waals surface area (Å²) in [4.78, 5) is 10.8. The second-order valence-electron chi connectivity index (χ2n) is 4.03. The van der Waals surface area contributed by atoms with Gasteiger partial charge in [0.05, 0.1) is 11.1 Å². The third-order valence-electron chi connectivity index (χ3n) is 2.38. The Morgan fingerprint density at radius 3 is 1.70 bits per heavy atom. The molecule has 1 aromatic carbocycles. The van der Waals surface area contributed by atoms with Gasteiger partial charge in [-0.2, -0.15) is 26.3 Å². The largest absolute Gasteiger partial charge is 0.416 e. The molecule has 0 bridgehead atoms. The quantitative estimate of drug-likeness (QED) is 0.657. The lowest BCUT2D eigenvalue weighted by molar-refractivity contribution is -0.143. The van der Waals surface area contributed by atoms with Gasteiger partial charge in [-0.3, -0.25) is 4.79 Å². The molecule has 2 nitrogen and oxygen atoms in total. The maximum absolute atomic E-state index is 12.6. The summed E-state index contributed by atoms with van der Waals surface area (Å²) in [5.74, 6) is -0.934. The summed E-state index contributed by atoms with van der Waals surface area (Å²) in [6.45, 7) is 1.19. The van der Waals surface area contributed by atoms with E-state index < -0.39 is 35.0 Å². The summed E-state index contributed by atoms with van der Waals surface area (Å²) < 4.78 is 75.3. The number of hydrogen-bond donors (Lipinski definition) is 1. The van der Waals surface area contributed by atoms with Crippen molar-refractivity contribution in [3.05, 3.63) is 40.5 Å². The molecule has 0 atom stereocenters. The van der Waals surface area contributed by atoms with Gasteiger partial charge in [0.25, 0.3) is 0 Å². The normalized spacial score (nSPS) is 13.4. The lowest BCUT2D eigenvalue weighted by Gasteiger charge is -2.13. The number of halogens is 6. The second kappa shape index (κ2) is 5.18. The van der Waals surface area contributed by atoms with Crippen molar-refractivity contribution >= 4 is 12.0 Å². The first-order valence-electron chi connectivity index (χ1n) is 5.19. The number of amides is 1. The zero-order valence-electron chi connectivity index (χ0n) is 10.1. The van der Waals surface area contributed by atoms with Crippen LogP contribution in [0.25, 0.3) is 6.08 Å². The average molecular weight is 297 g/mol. The Kier molecular flexibility index (Phi) is 4.16. The Labute approximate surface area is 109 Å². The van der Waals surface area contributed by atoms with Crippen molar-refractivity contribution < 1.29 is 31.1 Å². The molecule has 0 aliphatic carbocycles. The molecule has 2 N–H and O–H groups in total. The fourth-order valence-electron chi connectivity index (χ4n) is 1.38. The molecule has 1 aromatic rings. The molecule has 0 saturated heterocycles. The minimum absolute atomic E-state index is 0.0109. The molecule has 8 heteroatoms. The van der Waals surface area contributed by atoms with Crippen LogP contribution in [0.4, 0.5) is 26.3 Å². The first kappa shape index (κ1) is 16.1. The monoisotopic (exact) mass is 297 g/mol. The maximum atomic E-state index is 12.6. The van der Waals surface area contributed by atoms with Crippen molar-refractivity contribution in [3.63, 3.8) is 0 Å². The van der Waals surface area contributed by atoms with Crippen LogP contribution in [-0.4, -0.2) is 5.91 Å². The molecule has 0 aliphatic heterocycles. The van der Waals surface area contributed by atoms with Crippen molar-refractivity contribution in [1.82, 2.24) is 0 Å². The molecular formula is C12H9F6NO.